The van der Waals surface area contributed by atoms with Crippen LogP contribution in [0.4, 0.5) is 4.39 Å². The fourth-order valence-corrected chi connectivity index (χ4v) is 1.71. The topological polar surface area (TPSA) is 34.0 Å². The van der Waals surface area contributed by atoms with Gasteiger partial charge in [0, 0.05) is 13.6 Å². The van der Waals surface area contributed by atoms with Gasteiger partial charge in [0.05, 0.1) is 6.54 Å². The van der Waals surface area contributed by atoms with E-state index in [4.69, 9.17) is 0 Å². The van der Waals surface area contributed by atoms with Crippen LogP contribution in [0.5, 0.6) is 0 Å². The van der Waals surface area contributed by atoms with Crippen LogP contribution in [0.15, 0.2) is 36.7 Å². The fraction of sp³-hybridized carbons (Fsp3) is 0.286. The second-order valence-electron chi connectivity index (χ2n) is 4.45. The van der Waals surface area contributed by atoms with Crippen LogP contribution in [0.25, 0.3) is 6.08 Å². The molecular formula is C14H17FN4. The molecule has 100 valence electrons. The van der Waals surface area contributed by atoms with Crippen LogP contribution < -0.4 is 0 Å². The molecule has 0 aliphatic heterocycles. The SMILES string of the molecule is CN(CC=Cc1ccc(F)cc1)Cc1ncnn1C. The Morgan fingerprint density at radius 1 is 1.32 bits per heavy atom. The quantitative estimate of drug-likeness (QED) is 0.825. The molecule has 1 aromatic heterocycles. The highest BCUT2D eigenvalue weighted by molar-refractivity contribution is 5.48. The van der Waals surface area contributed by atoms with E-state index < -0.39 is 0 Å². The third kappa shape index (κ3) is 3.99. The van der Waals surface area contributed by atoms with Crippen molar-refractivity contribution in [1.82, 2.24) is 19.7 Å². The van der Waals surface area contributed by atoms with E-state index in [9.17, 15) is 4.39 Å². The number of rotatable bonds is 5. The summed E-state index contributed by atoms with van der Waals surface area (Å²) in [5.74, 6) is 0.717. The first-order chi connectivity index (χ1) is 9.15. The van der Waals surface area contributed by atoms with Gasteiger partial charge in [-0.1, -0.05) is 24.3 Å². The second-order valence-corrected chi connectivity index (χ2v) is 4.45. The van der Waals surface area contributed by atoms with Gasteiger partial charge in [0.2, 0.25) is 0 Å². The highest BCUT2D eigenvalue weighted by atomic mass is 19.1. The van der Waals surface area contributed by atoms with Crippen molar-refractivity contribution in [2.75, 3.05) is 13.6 Å². The van der Waals surface area contributed by atoms with Crippen molar-refractivity contribution in [2.24, 2.45) is 7.05 Å². The van der Waals surface area contributed by atoms with Crippen LogP contribution in [0, 0.1) is 5.82 Å². The second kappa shape index (κ2) is 6.24. The van der Waals surface area contributed by atoms with Gasteiger partial charge in [-0.25, -0.2) is 9.37 Å². The van der Waals surface area contributed by atoms with Crippen LogP contribution in [0.1, 0.15) is 11.4 Å². The molecule has 0 spiro atoms. The first kappa shape index (κ1) is 13.4. The van der Waals surface area contributed by atoms with Crippen molar-refractivity contribution in [1.29, 1.82) is 0 Å². The van der Waals surface area contributed by atoms with E-state index in [2.05, 4.69) is 15.0 Å². The summed E-state index contributed by atoms with van der Waals surface area (Å²) >= 11 is 0. The summed E-state index contributed by atoms with van der Waals surface area (Å²) in [6.07, 6.45) is 5.58. The summed E-state index contributed by atoms with van der Waals surface area (Å²) in [6.45, 7) is 1.54. The van der Waals surface area contributed by atoms with Gasteiger partial charge in [-0.3, -0.25) is 9.58 Å². The molecule has 2 aromatic rings. The maximum atomic E-state index is 12.7. The molecule has 1 aromatic carbocycles. The molecule has 0 N–H and O–H groups in total. The highest BCUT2D eigenvalue weighted by Crippen LogP contribution is 2.05. The van der Waals surface area contributed by atoms with Gasteiger partial charge in [-0.2, -0.15) is 5.10 Å². The van der Waals surface area contributed by atoms with Crippen molar-refractivity contribution < 1.29 is 4.39 Å². The zero-order chi connectivity index (χ0) is 13.7. The summed E-state index contributed by atoms with van der Waals surface area (Å²) in [5.41, 5.74) is 0.994. The Morgan fingerprint density at radius 2 is 2.05 bits per heavy atom. The normalized spacial score (nSPS) is 11.6. The van der Waals surface area contributed by atoms with Crippen LogP contribution >= 0.6 is 0 Å². The van der Waals surface area contributed by atoms with Gasteiger partial charge in [-0.15, -0.1) is 0 Å². The number of benzene rings is 1. The average molecular weight is 260 g/mol. The van der Waals surface area contributed by atoms with E-state index in [-0.39, 0.29) is 5.82 Å². The Morgan fingerprint density at radius 3 is 2.68 bits per heavy atom. The minimum absolute atomic E-state index is 0.212. The molecule has 19 heavy (non-hydrogen) atoms. The van der Waals surface area contributed by atoms with Crippen LogP contribution in [-0.4, -0.2) is 33.3 Å². The number of hydrogen-bond donors (Lipinski definition) is 0. The number of aryl methyl sites for hydroxylation is 1. The molecule has 1 heterocycles. The fourth-order valence-electron chi connectivity index (χ4n) is 1.71. The number of hydrogen-bond acceptors (Lipinski definition) is 3. The standard InChI is InChI=1S/C14H17FN4/c1-18(10-14-16-11-17-19(14)2)9-3-4-12-5-7-13(15)8-6-12/h3-8,11H,9-10H2,1-2H3. The van der Waals surface area contributed by atoms with Crippen molar-refractivity contribution >= 4 is 6.08 Å². The van der Waals surface area contributed by atoms with Crippen LogP contribution in [0.2, 0.25) is 0 Å². The predicted molar refractivity (Wildman–Crippen MR) is 72.8 cm³/mol. The molecule has 2 rings (SSSR count). The minimum Gasteiger partial charge on any atom is -0.295 e. The first-order valence-electron chi connectivity index (χ1n) is 6.08. The van der Waals surface area contributed by atoms with E-state index in [0.717, 1.165) is 24.5 Å². The smallest absolute Gasteiger partial charge is 0.140 e. The Labute approximate surface area is 112 Å². The zero-order valence-electron chi connectivity index (χ0n) is 11.1. The Kier molecular flexibility index (Phi) is 4.41. The van der Waals surface area contributed by atoms with E-state index in [1.165, 1.54) is 12.1 Å². The number of likely N-dealkylation sites (N-methyl/N-ethyl adjacent to an activating group) is 1. The van der Waals surface area contributed by atoms with Gasteiger partial charge in [-0.05, 0) is 24.7 Å². The number of nitrogens with zero attached hydrogens (tertiary/aromatic N) is 4. The predicted octanol–water partition coefficient (Wildman–Crippen LogP) is 2.10. The summed E-state index contributed by atoms with van der Waals surface area (Å²) in [6, 6.07) is 6.44. The van der Waals surface area contributed by atoms with Crippen molar-refractivity contribution in [3.8, 4) is 0 Å². The first-order valence-corrected chi connectivity index (χ1v) is 6.08. The molecule has 0 saturated heterocycles. The monoisotopic (exact) mass is 260 g/mol. The number of halogens is 1. The average Bonchev–Trinajstić information content (AvgIpc) is 2.78. The van der Waals surface area contributed by atoms with Crippen LogP contribution in [0.3, 0.4) is 0 Å². The minimum atomic E-state index is -0.212. The van der Waals surface area contributed by atoms with Gasteiger partial charge < -0.3 is 0 Å². The Balaban J connectivity index is 1.85. The van der Waals surface area contributed by atoms with Gasteiger partial charge in [0.25, 0.3) is 0 Å². The summed E-state index contributed by atoms with van der Waals surface area (Å²) in [5, 5.41) is 4.03. The Bertz CT molecular complexity index is 545. The largest absolute Gasteiger partial charge is 0.295 e. The molecule has 0 aliphatic carbocycles. The van der Waals surface area contributed by atoms with Crippen molar-refractivity contribution in [3.05, 3.63) is 53.9 Å². The molecule has 0 amide bonds. The zero-order valence-corrected chi connectivity index (χ0v) is 11.1. The summed E-state index contributed by atoms with van der Waals surface area (Å²) in [4.78, 5) is 6.31. The summed E-state index contributed by atoms with van der Waals surface area (Å²) in [7, 11) is 3.90. The lowest BCUT2D eigenvalue weighted by molar-refractivity contribution is 0.347. The molecule has 5 heteroatoms. The highest BCUT2D eigenvalue weighted by Gasteiger charge is 2.03. The molecule has 0 aliphatic rings. The van der Waals surface area contributed by atoms with E-state index in [0.29, 0.717) is 0 Å². The van der Waals surface area contributed by atoms with E-state index in [1.54, 1.807) is 23.1 Å². The lowest BCUT2D eigenvalue weighted by atomic mass is 10.2. The molecule has 0 radical (unpaired) electrons. The Hall–Kier alpha value is -2.01. The molecule has 0 bridgehead atoms. The van der Waals surface area contributed by atoms with Gasteiger partial charge >= 0.3 is 0 Å². The molecular weight excluding hydrogens is 243 g/mol. The van der Waals surface area contributed by atoms with E-state index >= 15 is 0 Å². The maximum Gasteiger partial charge on any atom is 0.140 e. The van der Waals surface area contributed by atoms with Crippen molar-refractivity contribution in [2.45, 2.75) is 6.54 Å². The van der Waals surface area contributed by atoms with Crippen LogP contribution in [-0.2, 0) is 13.6 Å². The van der Waals surface area contributed by atoms with Gasteiger partial charge in [0.15, 0.2) is 0 Å². The van der Waals surface area contributed by atoms with Gasteiger partial charge in [0.1, 0.15) is 18.0 Å². The van der Waals surface area contributed by atoms with Crippen molar-refractivity contribution in [3.63, 3.8) is 0 Å². The summed E-state index contributed by atoms with van der Waals surface area (Å²) < 4.78 is 14.5. The molecule has 4 nitrogen and oxygen atoms in total. The number of aromatic nitrogens is 3. The molecule has 0 fully saturated rings. The molecule has 0 saturated carbocycles. The lowest BCUT2D eigenvalue weighted by Crippen LogP contribution is -2.20. The third-order valence-corrected chi connectivity index (χ3v) is 2.81. The molecule has 0 unspecified atom stereocenters. The lowest BCUT2D eigenvalue weighted by Gasteiger charge is -2.13. The maximum absolute atomic E-state index is 12.7. The van der Waals surface area contributed by atoms with E-state index in [1.807, 2.05) is 26.2 Å². The third-order valence-electron chi connectivity index (χ3n) is 2.81. The molecule has 0 atom stereocenters.